The molecule has 1 aromatic heterocycles. The van der Waals surface area contributed by atoms with Crippen molar-refractivity contribution in [3.05, 3.63) is 17.0 Å². The molecule has 3 heteroatoms. The SMILES string of the molecule is N#CC1(c2n[nH]c3c2CCCC3)CC1. The van der Waals surface area contributed by atoms with Gasteiger partial charge in [0.05, 0.1) is 11.8 Å². The molecule has 0 aromatic carbocycles. The molecule has 0 atom stereocenters. The Balaban J connectivity index is 2.07. The molecule has 0 saturated heterocycles. The molecule has 14 heavy (non-hydrogen) atoms. The van der Waals surface area contributed by atoms with E-state index >= 15 is 0 Å². The van der Waals surface area contributed by atoms with Crippen molar-refractivity contribution in [2.24, 2.45) is 0 Å². The molecule has 1 aromatic rings. The molecule has 3 rings (SSSR count). The van der Waals surface area contributed by atoms with E-state index in [-0.39, 0.29) is 5.41 Å². The standard InChI is InChI=1S/C11H13N3/c12-7-11(5-6-11)10-8-3-1-2-4-9(8)13-14-10/h1-6H2,(H,13,14). The van der Waals surface area contributed by atoms with Crippen LogP contribution in [0, 0.1) is 11.3 Å². The van der Waals surface area contributed by atoms with Crippen LogP contribution in [-0.4, -0.2) is 10.2 Å². The summed E-state index contributed by atoms with van der Waals surface area (Å²) in [6.07, 6.45) is 6.74. The fourth-order valence-electron chi connectivity index (χ4n) is 2.40. The first-order valence-electron chi connectivity index (χ1n) is 5.34. The number of aryl methyl sites for hydroxylation is 1. The highest BCUT2D eigenvalue weighted by Crippen LogP contribution is 2.48. The average Bonchev–Trinajstić information content (AvgIpc) is 2.91. The summed E-state index contributed by atoms with van der Waals surface area (Å²) in [5.74, 6) is 0. The van der Waals surface area contributed by atoms with Crippen molar-refractivity contribution in [2.45, 2.75) is 43.9 Å². The van der Waals surface area contributed by atoms with Crippen LogP contribution in [0.15, 0.2) is 0 Å². The van der Waals surface area contributed by atoms with Crippen LogP contribution in [0.3, 0.4) is 0 Å². The fourth-order valence-corrected chi connectivity index (χ4v) is 2.40. The van der Waals surface area contributed by atoms with Crippen LogP contribution < -0.4 is 0 Å². The van der Waals surface area contributed by atoms with Gasteiger partial charge in [-0.05, 0) is 44.1 Å². The van der Waals surface area contributed by atoms with Crippen molar-refractivity contribution in [1.29, 1.82) is 5.26 Å². The minimum atomic E-state index is -0.207. The Labute approximate surface area is 83.1 Å². The molecule has 1 N–H and O–H groups in total. The van der Waals surface area contributed by atoms with Crippen LogP contribution in [0.2, 0.25) is 0 Å². The van der Waals surface area contributed by atoms with Crippen molar-refractivity contribution < 1.29 is 0 Å². The summed E-state index contributed by atoms with van der Waals surface area (Å²) in [6, 6.07) is 2.42. The van der Waals surface area contributed by atoms with E-state index in [0.717, 1.165) is 31.4 Å². The van der Waals surface area contributed by atoms with Crippen molar-refractivity contribution in [3.63, 3.8) is 0 Å². The van der Waals surface area contributed by atoms with E-state index in [1.165, 1.54) is 24.1 Å². The van der Waals surface area contributed by atoms with Crippen molar-refractivity contribution in [1.82, 2.24) is 10.2 Å². The monoisotopic (exact) mass is 187 g/mol. The van der Waals surface area contributed by atoms with E-state index < -0.39 is 0 Å². The lowest BCUT2D eigenvalue weighted by atomic mass is 9.90. The molecule has 3 nitrogen and oxygen atoms in total. The number of nitrogens with one attached hydrogen (secondary N) is 1. The zero-order valence-electron chi connectivity index (χ0n) is 8.14. The Bertz CT molecular complexity index is 407. The second kappa shape index (κ2) is 2.60. The van der Waals surface area contributed by atoms with Gasteiger partial charge in [0.15, 0.2) is 0 Å². The molecule has 0 spiro atoms. The van der Waals surface area contributed by atoms with E-state index in [4.69, 9.17) is 5.26 Å². The number of aromatic nitrogens is 2. The molecule has 1 heterocycles. The van der Waals surface area contributed by atoms with E-state index in [1.54, 1.807) is 0 Å². The van der Waals surface area contributed by atoms with Gasteiger partial charge in [-0.25, -0.2) is 0 Å². The summed E-state index contributed by atoms with van der Waals surface area (Å²) < 4.78 is 0. The second-order valence-electron chi connectivity index (χ2n) is 4.43. The van der Waals surface area contributed by atoms with Crippen molar-refractivity contribution in [3.8, 4) is 6.07 Å². The van der Waals surface area contributed by atoms with Crippen LogP contribution >= 0.6 is 0 Å². The number of aromatic amines is 1. The zero-order valence-corrected chi connectivity index (χ0v) is 8.14. The first-order chi connectivity index (χ1) is 6.86. The third-order valence-corrected chi connectivity index (χ3v) is 3.47. The number of nitriles is 1. The van der Waals surface area contributed by atoms with Gasteiger partial charge in [-0.3, -0.25) is 5.10 Å². The smallest absolute Gasteiger partial charge is 0.102 e. The van der Waals surface area contributed by atoms with E-state index in [9.17, 15) is 0 Å². The zero-order chi connectivity index (χ0) is 9.60. The number of nitrogens with zero attached hydrogens (tertiary/aromatic N) is 2. The number of rotatable bonds is 1. The largest absolute Gasteiger partial charge is 0.282 e. The van der Waals surface area contributed by atoms with Gasteiger partial charge in [-0.1, -0.05) is 0 Å². The van der Waals surface area contributed by atoms with Gasteiger partial charge in [0.1, 0.15) is 5.41 Å². The van der Waals surface area contributed by atoms with Gasteiger partial charge in [0.2, 0.25) is 0 Å². The molecule has 0 unspecified atom stereocenters. The van der Waals surface area contributed by atoms with Gasteiger partial charge in [-0.15, -0.1) is 0 Å². The lowest BCUT2D eigenvalue weighted by molar-refractivity contribution is 0.669. The van der Waals surface area contributed by atoms with Gasteiger partial charge in [-0.2, -0.15) is 10.4 Å². The predicted molar refractivity (Wildman–Crippen MR) is 51.8 cm³/mol. The topological polar surface area (TPSA) is 52.5 Å². The highest BCUT2D eigenvalue weighted by Gasteiger charge is 2.48. The summed E-state index contributed by atoms with van der Waals surface area (Å²) in [6.45, 7) is 0. The Morgan fingerprint density at radius 1 is 1.29 bits per heavy atom. The van der Waals surface area contributed by atoms with Crippen LogP contribution in [0.25, 0.3) is 0 Å². The van der Waals surface area contributed by atoms with Crippen LogP contribution in [0.4, 0.5) is 0 Å². The second-order valence-corrected chi connectivity index (χ2v) is 4.43. The summed E-state index contributed by atoms with van der Waals surface area (Å²) in [5.41, 5.74) is 3.50. The quantitative estimate of drug-likeness (QED) is 0.729. The Kier molecular flexibility index (Phi) is 1.49. The predicted octanol–water partition coefficient (Wildman–Crippen LogP) is 1.84. The number of hydrogen-bond acceptors (Lipinski definition) is 2. The van der Waals surface area contributed by atoms with Crippen LogP contribution in [0.1, 0.15) is 42.6 Å². The average molecular weight is 187 g/mol. The molecule has 72 valence electrons. The number of fused-ring (bicyclic) bond motifs is 1. The molecule has 0 aliphatic heterocycles. The minimum Gasteiger partial charge on any atom is -0.282 e. The maximum Gasteiger partial charge on any atom is 0.102 e. The normalized spacial score (nSPS) is 22.5. The van der Waals surface area contributed by atoms with Crippen molar-refractivity contribution in [2.75, 3.05) is 0 Å². The number of hydrogen-bond donors (Lipinski definition) is 1. The lowest BCUT2D eigenvalue weighted by Crippen LogP contribution is -2.09. The summed E-state index contributed by atoms with van der Waals surface area (Å²) in [5, 5.41) is 16.6. The third kappa shape index (κ3) is 0.942. The molecule has 1 fully saturated rings. The number of H-pyrrole nitrogens is 1. The molecule has 0 radical (unpaired) electrons. The summed E-state index contributed by atoms with van der Waals surface area (Å²) >= 11 is 0. The molecule has 0 bridgehead atoms. The van der Waals surface area contributed by atoms with E-state index in [0.29, 0.717) is 0 Å². The minimum absolute atomic E-state index is 0.207. The Hall–Kier alpha value is -1.30. The Morgan fingerprint density at radius 2 is 2.07 bits per heavy atom. The summed E-state index contributed by atoms with van der Waals surface area (Å²) in [7, 11) is 0. The van der Waals surface area contributed by atoms with Crippen LogP contribution in [-0.2, 0) is 18.3 Å². The van der Waals surface area contributed by atoms with Gasteiger partial charge < -0.3 is 0 Å². The third-order valence-electron chi connectivity index (χ3n) is 3.47. The Morgan fingerprint density at radius 3 is 2.79 bits per heavy atom. The molecule has 2 aliphatic rings. The maximum atomic E-state index is 9.13. The lowest BCUT2D eigenvalue weighted by Gasteiger charge is -2.12. The fraction of sp³-hybridized carbons (Fsp3) is 0.636. The maximum absolute atomic E-state index is 9.13. The first kappa shape index (κ1) is 8.05. The van der Waals surface area contributed by atoms with E-state index in [2.05, 4.69) is 16.3 Å². The summed E-state index contributed by atoms with van der Waals surface area (Å²) in [4.78, 5) is 0. The van der Waals surface area contributed by atoms with E-state index in [1.807, 2.05) is 0 Å². The molecular weight excluding hydrogens is 174 g/mol. The molecule has 1 saturated carbocycles. The highest BCUT2D eigenvalue weighted by molar-refractivity contribution is 5.42. The molecule has 2 aliphatic carbocycles. The molecular formula is C11H13N3. The molecule has 0 amide bonds. The first-order valence-corrected chi connectivity index (χ1v) is 5.34. The van der Waals surface area contributed by atoms with Crippen molar-refractivity contribution >= 4 is 0 Å². The van der Waals surface area contributed by atoms with Gasteiger partial charge in [0, 0.05) is 5.69 Å². The highest BCUT2D eigenvalue weighted by atomic mass is 15.1. The van der Waals surface area contributed by atoms with Crippen LogP contribution in [0.5, 0.6) is 0 Å². The van der Waals surface area contributed by atoms with Gasteiger partial charge >= 0.3 is 0 Å². The van der Waals surface area contributed by atoms with Gasteiger partial charge in [0.25, 0.3) is 0 Å².